The molecule has 2 aromatic heterocycles. The van der Waals surface area contributed by atoms with E-state index in [1.54, 1.807) is 13.3 Å². The van der Waals surface area contributed by atoms with Crippen LogP contribution in [0.3, 0.4) is 0 Å². The first-order valence-electron chi connectivity index (χ1n) is 10.8. The summed E-state index contributed by atoms with van der Waals surface area (Å²) in [5.41, 5.74) is 3.65. The lowest BCUT2D eigenvalue weighted by molar-refractivity contribution is -0.0779. The number of fused-ring (bicyclic) bond motifs is 2. The van der Waals surface area contributed by atoms with Crippen molar-refractivity contribution >= 4 is 11.2 Å². The lowest BCUT2D eigenvalue weighted by Crippen LogP contribution is -2.41. The third-order valence-electron chi connectivity index (χ3n) is 6.42. The average Bonchev–Trinajstić information content (AvgIpc) is 3.23. The van der Waals surface area contributed by atoms with E-state index in [4.69, 9.17) is 9.47 Å². The minimum Gasteiger partial charge on any atom is -0.498 e. The Bertz CT molecular complexity index is 1180. The van der Waals surface area contributed by atoms with Gasteiger partial charge in [-0.05, 0) is 31.0 Å². The highest BCUT2D eigenvalue weighted by atomic mass is 16.5. The van der Waals surface area contributed by atoms with Crippen molar-refractivity contribution in [1.29, 1.82) is 0 Å². The van der Waals surface area contributed by atoms with Crippen molar-refractivity contribution in [3.05, 3.63) is 96.2 Å². The molecule has 0 N–H and O–H groups in total. The normalized spacial score (nSPS) is 26.2. The lowest BCUT2D eigenvalue weighted by atomic mass is 9.83. The number of imidazole rings is 1. The Hall–Kier alpha value is -3.18. The second kappa shape index (κ2) is 7.82. The van der Waals surface area contributed by atoms with Gasteiger partial charge < -0.3 is 14.0 Å². The molecule has 1 aromatic carbocycles. The molecule has 3 heterocycles. The van der Waals surface area contributed by atoms with E-state index in [1.165, 1.54) is 0 Å². The van der Waals surface area contributed by atoms with Crippen LogP contribution in [-0.4, -0.2) is 33.3 Å². The Labute approximate surface area is 182 Å². The van der Waals surface area contributed by atoms with Crippen LogP contribution in [0.5, 0.6) is 0 Å². The van der Waals surface area contributed by atoms with Gasteiger partial charge in [0.15, 0.2) is 5.65 Å². The Morgan fingerprint density at radius 3 is 2.74 bits per heavy atom. The van der Waals surface area contributed by atoms with Gasteiger partial charge in [-0.3, -0.25) is 0 Å². The van der Waals surface area contributed by atoms with Crippen LogP contribution in [0.1, 0.15) is 31.9 Å². The zero-order valence-electron chi connectivity index (χ0n) is 18.1. The Morgan fingerprint density at radius 1 is 1.13 bits per heavy atom. The fraction of sp³-hybridized carbons (Fsp3) is 0.308. The van der Waals surface area contributed by atoms with E-state index in [2.05, 4.69) is 83.0 Å². The second-order valence-corrected chi connectivity index (χ2v) is 8.34. The number of nitrogens with zero attached hydrogens (tertiary/aromatic N) is 3. The number of pyridine rings is 1. The van der Waals surface area contributed by atoms with Crippen molar-refractivity contribution in [2.24, 2.45) is 5.92 Å². The standard InChI is InChI=1S/C26H27N3O2/c1-4-26(2)15-14-19-12-13-20(24(30-3)23(19)31-26)22(18-9-6-5-7-10-18)29-17-28-25-21(29)11-8-16-27-25/h5-17,19,22-23H,4H2,1-3H3. The summed E-state index contributed by atoms with van der Waals surface area (Å²) in [4.78, 5) is 8.98. The van der Waals surface area contributed by atoms with Gasteiger partial charge in [-0.15, -0.1) is 0 Å². The van der Waals surface area contributed by atoms with Gasteiger partial charge >= 0.3 is 0 Å². The maximum Gasteiger partial charge on any atom is 0.177 e. The molecule has 31 heavy (non-hydrogen) atoms. The Balaban J connectivity index is 1.69. The molecule has 0 bridgehead atoms. The van der Waals surface area contributed by atoms with Crippen LogP contribution in [0.15, 0.2) is 90.6 Å². The molecule has 0 saturated carbocycles. The van der Waals surface area contributed by atoms with Crippen LogP contribution in [0.2, 0.25) is 0 Å². The van der Waals surface area contributed by atoms with Crippen molar-refractivity contribution in [2.45, 2.75) is 38.0 Å². The molecule has 4 unspecified atom stereocenters. The molecule has 0 radical (unpaired) electrons. The first-order chi connectivity index (χ1) is 15.1. The number of hydrogen-bond donors (Lipinski definition) is 0. The van der Waals surface area contributed by atoms with E-state index < -0.39 is 0 Å². The summed E-state index contributed by atoms with van der Waals surface area (Å²) < 4.78 is 14.8. The summed E-state index contributed by atoms with van der Waals surface area (Å²) in [6, 6.07) is 14.4. The second-order valence-electron chi connectivity index (χ2n) is 8.34. The number of methoxy groups -OCH3 is 1. The highest BCUT2D eigenvalue weighted by Gasteiger charge is 2.40. The third kappa shape index (κ3) is 3.39. The minimum absolute atomic E-state index is 0.107. The fourth-order valence-electron chi connectivity index (χ4n) is 4.54. The quantitative estimate of drug-likeness (QED) is 0.538. The molecule has 0 saturated heterocycles. The average molecular weight is 414 g/mol. The van der Waals surface area contributed by atoms with E-state index in [1.807, 2.05) is 18.5 Å². The van der Waals surface area contributed by atoms with Gasteiger partial charge in [0.25, 0.3) is 0 Å². The molecular formula is C26H27N3O2. The number of allylic oxidation sites excluding steroid dienone is 2. The van der Waals surface area contributed by atoms with Gasteiger partial charge in [0.1, 0.15) is 11.9 Å². The SMILES string of the molecule is CCC1(C)C=CC2C=CC(C(c3ccccc3)n3cnc4ncccc43)=C(OC)C2O1. The molecule has 0 spiro atoms. The zero-order chi connectivity index (χ0) is 21.4. The van der Waals surface area contributed by atoms with Gasteiger partial charge in [0, 0.05) is 17.7 Å². The van der Waals surface area contributed by atoms with Crippen LogP contribution in [0.25, 0.3) is 11.2 Å². The summed E-state index contributed by atoms with van der Waals surface area (Å²) in [5.74, 6) is 1.03. The van der Waals surface area contributed by atoms with Crippen molar-refractivity contribution in [3.63, 3.8) is 0 Å². The summed E-state index contributed by atoms with van der Waals surface area (Å²) in [7, 11) is 1.74. The maximum absolute atomic E-state index is 6.59. The van der Waals surface area contributed by atoms with Crippen LogP contribution in [-0.2, 0) is 9.47 Å². The smallest absolute Gasteiger partial charge is 0.177 e. The molecule has 5 nitrogen and oxygen atoms in total. The molecule has 1 aliphatic heterocycles. The summed E-state index contributed by atoms with van der Waals surface area (Å²) in [5, 5.41) is 0. The molecule has 3 aromatic rings. The highest BCUT2D eigenvalue weighted by molar-refractivity contribution is 5.71. The van der Waals surface area contributed by atoms with E-state index >= 15 is 0 Å². The molecule has 5 rings (SSSR count). The number of benzene rings is 1. The third-order valence-corrected chi connectivity index (χ3v) is 6.42. The summed E-state index contributed by atoms with van der Waals surface area (Å²) in [6.07, 6.45) is 13.2. The van der Waals surface area contributed by atoms with E-state index in [0.29, 0.717) is 0 Å². The van der Waals surface area contributed by atoms with Crippen LogP contribution in [0, 0.1) is 5.92 Å². The molecule has 0 amide bonds. The predicted octanol–water partition coefficient (Wildman–Crippen LogP) is 5.23. The maximum atomic E-state index is 6.59. The number of hydrogen-bond acceptors (Lipinski definition) is 4. The van der Waals surface area contributed by atoms with Crippen molar-refractivity contribution in [3.8, 4) is 0 Å². The largest absolute Gasteiger partial charge is 0.498 e. The Morgan fingerprint density at radius 2 is 1.97 bits per heavy atom. The predicted molar refractivity (Wildman–Crippen MR) is 121 cm³/mol. The summed E-state index contributed by atoms with van der Waals surface area (Å²) >= 11 is 0. The number of rotatable bonds is 5. The number of ether oxygens (including phenoxy) is 2. The van der Waals surface area contributed by atoms with Crippen molar-refractivity contribution in [2.75, 3.05) is 7.11 Å². The van der Waals surface area contributed by atoms with Gasteiger partial charge in [0.05, 0.1) is 30.6 Å². The van der Waals surface area contributed by atoms with E-state index in [-0.39, 0.29) is 23.7 Å². The van der Waals surface area contributed by atoms with Gasteiger partial charge in [-0.25, -0.2) is 9.97 Å². The van der Waals surface area contributed by atoms with Gasteiger partial charge in [-0.1, -0.05) is 61.6 Å². The molecule has 5 heteroatoms. The monoisotopic (exact) mass is 413 g/mol. The molecule has 1 aliphatic carbocycles. The van der Waals surface area contributed by atoms with Crippen LogP contribution < -0.4 is 0 Å². The fourth-order valence-corrected chi connectivity index (χ4v) is 4.54. The van der Waals surface area contributed by atoms with Crippen molar-refractivity contribution < 1.29 is 9.47 Å². The first-order valence-corrected chi connectivity index (χ1v) is 10.8. The minimum atomic E-state index is -0.297. The van der Waals surface area contributed by atoms with E-state index in [9.17, 15) is 0 Å². The van der Waals surface area contributed by atoms with Crippen LogP contribution >= 0.6 is 0 Å². The molecular weight excluding hydrogens is 386 g/mol. The lowest BCUT2D eigenvalue weighted by Gasteiger charge is -2.41. The topological polar surface area (TPSA) is 49.2 Å². The molecule has 0 fully saturated rings. The van der Waals surface area contributed by atoms with E-state index in [0.717, 1.165) is 34.5 Å². The van der Waals surface area contributed by atoms with Gasteiger partial charge in [-0.2, -0.15) is 0 Å². The Kier molecular flexibility index (Phi) is 4.98. The molecule has 2 aliphatic rings. The molecule has 158 valence electrons. The zero-order valence-corrected chi connectivity index (χ0v) is 18.1. The van der Waals surface area contributed by atoms with Crippen LogP contribution in [0.4, 0.5) is 0 Å². The number of aromatic nitrogens is 3. The summed E-state index contributed by atoms with van der Waals surface area (Å²) in [6.45, 7) is 4.28. The van der Waals surface area contributed by atoms with Crippen molar-refractivity contribution in [1.82, 2.24) is 14.5 Å². The van der Waals surface area contributed by atoms with Gasteiger partial charge in [0.2, 0.25) is 0 Å². The highest BCUT2D eigenvalue weighted by Crippen LogP contribution is 2.42. The molecule has 4 atom stereocenters. The first kappa shape index (κ1) is 19.8.